The predicted octanol–water partition coefficient (Wildman–Crippen LogP) is 4.48. The van der Waals surface area contributed by atoms with Crippen molar-refractivity contribution in [3.8, 4) is 0 Å². The van der Waals surface area contributed by atoms with Gasteiger partial charge < -0.3 is 5.32 Å². The quantitative estimate of drug-likeness (QED) is 0.830. The Labute approximate surface area is 133 Å². The normalized spacial score (nSPS) is 11.3. The maximum atomic E-state index is 12.6. The van der Waals surface area contributed by atoms with Crippen LogP contribution in [0.25, 0.3) is 0 Å². The number of carbonyl (C=O) groups excluding carboxylic acids is 1. The number of rotatable bonds is 4. The molecule has 3 nitrogen and oxygen atoms in total. The number of halogens is 4. The Morgan fingerprint density at radius 1 is 1.27 bits per heavy atom. The van der Waals surface area contributed by atoms with Crippen LogP contribution in [0.5, 0.6) is 0 Å². The molecule has 0 unspecified atom stereocenters. The number of thioether (sulfide) groups is 1. The van der Waals surface area contributed by atoms with E-state index >= 15 is 0 Å². The highest BCUT2D eigenvalue weighted by molar-refractivity contribution is 8.00. The Balaban J connectivity index is 1.92. The molecular formula is C14H10ClF3N2OS. The Morgan fingerprint density at radius 2 is 2.05 bits per heavy atom. The molecule has 0 aliphatic carbocycles. The average Bonchev–Trinajstić information content (AvgIpc) is 2.47. The number of alkyl halides is 3. The zero-order valence-corrected chi connectivity index (χ0v) is 12.6. The van der Waals surface area contributed by atoms with Gasteiger partial charge in [0.05, 0.1) is 16.3 Å². The minimum atomic E-state index is -4.40. The third-order valence-corrected chi connectivity index (χ3v) is 3.74. The first kappa shape index (κ1) is 16.6. The van der Waals surface area contributed by atoms with E-state index in [1.54, 1.807) is 6.07 Å². The second kappa shape index (κ2) is 7.02. The van der Waals surface area contributed by atoms with Gasteiger partial charge in [0.2, 0.25) is 5.91 Å². The lowest BCUT2D eigenvalue weighted by Crippen LogP contribution is -2.14. The lowest BCUT2D eigenvalue weighted by molar-refractivity contribution is -0.137. The highest BCUT2D eigenvalue weighted by Crippen LogP contribution is 2.31. The fourth-order valence-corrected chi connectivity index (χ4v) is 2.41. The van der Waals surface area contributed by atoms with Crippen molar-refractivity contribution in [1.82, 2.24) is 4.98 Å². The van der Waals surface area contributed by atoms with Gasteiger partial charge in [-0.15, -0.1) is 11.8 Å². The molecule has 1 heterocycles. The van der Waals surface area contributed by atoms with Crippen LogP contribution in [0, 0.1) is 0 Å². The zero-order valence-electron chi connectivity index (χ0n) is 11.0. The molecule has 0 spiro atoms. The summed E-state index contributed by atoms with van der Waals surface area (Å²) in [6, 6.07) is 7.94. The van der Waals surface area contributed by atoms with Crippen LogP contribution in [0.3, 0.4) is 0 Å². The molecule has 0 saturated carbocycles. The van der Waals surface area contributed by atoms with Crippen molar-refractivity contribution in [2.45, 2.75) is 11.1 Å². The van der Waals surface area contributed by atoms with Crippen LogP contribution in [-0.4, -0.2) is 16.6 Å². The van der Waals surface area contributed by atoms with E-state index in [4.69, 9.17) is 11.6 Å². The predicted molar refractivity (Wildman–Crippen MR) is 80.0 cm³/mol. The number of aromatic nitrogens is 1. The number of benzene rings is 1. The maximum Gasteiger partial charge on any atom is 0.416 e. The Kier molecular flexibility index (Phi) is 5.31. The highest BCUT2D eigenvalue weighted by Gasteiger charge is 2.30. The van der Waals surface area contributed by atoms with E-state index in [2.05, 4.69) is 10.3 Å². The molecule has 0 saturated heterocycles. The molecule has 1 amide bonds. The highest BCUT2D eigenvalue weighted by atomic mass is 35.5. The van der Waals surface area contributed by atoms with Gasteiger partial charge in [-0.1, -0.05) is 17.7 Å². The molecule has 0 aliphatic heterocycles. The minimum Gasteiger partial charge on any atom is -0.310 e. The molecular weight excluding hydrogens is 337 g/mol. The standard InChI is InChI=1S/C14H10ClF3N2OS/c15-10-4-5-12(19-7-10)20-13(21)8-22-11-3-1-2-9(6-11)14(16,17)18/h1-7H,8H2,(H,19,20,21). The molecule has 1 N–H and O–H groups in total. The molecule has 0 bridgehead atoms. The topological polar surface area (TPSA) is 42.0 Å². The molecule has 2 aromatic rings. The van der Waals surface area contributed by atoms with Gasteiger partial charge in [-0.05, 0) is 30.3 Å². The van der Waals surface area contributed by atoms with Crippen LogP contribution in [0.4, 0.5) is 19.0 Å². The summed E-state index contributed by atoms with van der Waals surface area (Å²) in [5.74, 6) is -0.0534. The van der Waals surface area contributed by atoms with Gasteiger partial charge in [-0.2, -0.15) is 13.2 Å². The molecule has 116 valence electrons. The number of carbonyl (C=O) groups is 1. The monoisotopic (exact) mass is 346 g/mol. The molecule has 1 aromatic heterocycles. The molecule has 8 heteroatoms. The van der Waals surface area contributed by atoms with Gasteiger partial charge in [0.25, 0.3) is 0 Å². The van der Waals surface area contributed by atoms with Crippen LogP contribution >= 0.6 is 23.4 Å². The summed E-state index contributed by atoms with van der Waals surface area (Å²) < 4.78 is 37.7. The molecule has 0 atom stereocenters. The number of nitrogens with zero attached hydrogens (tertiary/aromatic N) is 1. The summed E-state index contributed by atoms with van der Waals surface area (Å²) in [4.78, 5) is 16.0. The van der Waals surface area contributed by atoms with Crippen LogP contribution in [0.1, 0.15) is 5.56 Å². The smallest absolute Gasteiger partial charge is 0.310 e. The van der Waals surface area contributed by atoms with E-state index in [1.807, 2.05) is 0 Å². The minimum absolute atomic E-state index is 0.0222. The summed E-state index contributed by atoms with van der Waals surface area (Å²) in [6.07, 6.45) is -3.01. The Morgan fingerprint density at radius 3 is 2.68 bits per heavy atom. The number of hydrogen-bond acceptors (Lipinski definition) is 3. The van der Waals surface area contributed by atoms with Crippen LogP contribution in [0.2, 0.25) is 5.02 Å². The largest absolute Gasteiger partial charge is 0.416 e. The fraction of sp³-hybridized carbons (Fsp3) is 0.143. The number of pyridine rings is 1. The van der Waals surface area contributed by atoms with Gasteiger partial charge >= 0.3 is 6.18 Å². The lowest BCUT2D eigenvalue weighted by Gasteiger charge is -2.08. The van der Waals surface area contributed by atoms with E-state index in [0.717, 1.165) is 23.9 Å². The summed E-state index contributed by atoms with van der Waals surface area (Å²) in [5, 5.41) is 2.97. The lowest BCUT2D eigenvalue weighted by atomic mass is 10.2. The number of nitrogens with one attached hydrogen (secondary N) is 1. The average molecular weight is 347 g/mol. The van der Waals surface area contributed by atoms with Crippen molar-refractivity contribution in [3.63, 3.8) is 0 Å². The Bertz CT molecular complexity index is 662. The molecule has 22 heavy (non-hydrogen) atoms. The third kappa shape index (κ3) is 4.92. The van der Waals surface area contributed by atoms with E-state index < -0.39 is 11.7 Å². The van der Waals surface area contributed by atoms with Crippen molar-refractivity contribution < 1.29 is 18.0 Å². The van der Waals surface area contributed by atoms with Gasteiger partial charge in [0.1, 0.15) is 5.82 Å². The second-order valence-electron chi connectivity index (χ2n) is 4.22. The molecule has 2 rings (SSSR count). The van der Waals surface area contributed by atoms with E-state index in [0.29, 0.717) is 15.7 Å². The van der Waals surface area contributed by atoms with Crippen LogP contribution in [-0.2, 0) is 11.0 Å². The van der Waals surface area contributed by atoms with Crippen molar-refractivity contribution in [2.24, 2.45) is 0 Å². The number of anilines is 1. The third-order valence-electron chi connectivity index (χ3n) is 2.53. The number of hydrogen-bond donors (Lipinski definition) is 1. The first-order valence-corrected chi connectivity index (χ1v) is 7.42. The van der Waals surface area contributed by atoms with Crippen LogP contribution < -0.4 is 5.32 Å². The van der Waals surface area contributed by atoms with Crippen LogP contribution in [0.15, 0.2) is 47.5 Å². The zero-order chi connectivity index (χ0) is 16.2. The van der Waals surface area contributed by atoms with E-state index in [-0.39, 0.29) is 11.7 Å². The summed E-state index contributed by atoms with van der Waals surface area (Å²) in [7, 11) is 0. The van der Waals surface area contributed by atoms with Gasteiger partial charge in [0, 0.05) is 11.1 Å². The molecule has 0 radical (unpaired) electrons. The summed E-state index contributed by atoms with van der Waals surface area (Å²) in [6.45, 7) is 0. The van der Waals surface area contributed by atoms with Crippen molar-refractivity contribution in [2.75, 3.05) is 11.1 Å². The Hall–Kier alpha value is -1.73. The van der Waals surface area contributed by atoms with Gasteiger partial charge in [0.15, 0.2) is 0 Å². The van der Waals surface area contributed by atoms with Gasteiger partial charge in [-0.25, -0.2) is 4.98 Å². The first-order valence-electron chi connectivity index (χ1n) is 6.06. The summed E-state index contributed by atoms with van der Waals surface area (Å²) in [5.41, 5.74) is -0.739. The van der Waals surface area contributed by atoms with Gasteiger partial charge in [-0.3, -0.25) is 4.79 Å². The molecule has 0 aliphatic rings. The van der Waals surface area contributed by atoms with Crippen molar-refractivity contribution in [1.29, 1.82) is 0 Å². The SMILES string of the molecule is O=C(CSc1cccc(C(F)(F)F)c1)Nc1ccc(Cl)cn1. The summed E-state index contributed by atoms with van der Waals surface area (Å²) >= 11 is 6.69. The molecule has 1 aromatic carbocycles. The van der Waals surface area contributed by atoms with Crippen molar-refractivity contribution >= 4 is 35.1 Å². The fourth-order valence-electron chi connectivity index (χ4n) is 1.54. The first-order chi connectivity index (χ1) is 10.3. The van der Waals surface area contributed by atoms with Crippen molar-refractivity contribution in [3.05, 3.63) is 53.2 Å². The van der Waals surface area contributed by atoms with E-state index in [1.165, 1.54) is 24.4 Å². The van der Waals surface area contributed by atoms with E-state index in [9.17, 15) is 18.0 Å². The second-order valence-corrected chi connectivity index (χ2v) is 5.71. The number of amides is 1. The molecule has 0 fully saturated rings. The maximum absolute atomic E-state index is 12.6.